The summed E-state index contributed by atoms with van der Waals surface area (Å²) in [5.74, 6) is -3.15. The summed E-state index contributed by atoms with van der Waals surface area (Å²) in [5, 5.41) is 11.5. The first-order valence-corrected chi connectivity index (χ1v) is 50.0. The summed E-state index contributed by atoms with van der Waals surface area (Å²) in [6, 6.07) is 48.4. The molecule has 10 aliphatic rings. The number of nitrogens with zero attached hydrogens (tertiary/aromatic N) is 8. The number of anilines is 2. The molecule has 10 atom stereocenters. The maximum Gasteiger partial charge on any atom is 0.262 e. The first kappa shape index (κ1) is 91.7. The molecule has 6 amide bonds. The molecule has 14 heterocycles. The van der Waals surface area contributed by atoms with Crippen LogP contribution in [-0.2, 0) is 69.1 Å². The van der Waals surface area contributed by atoms with E-state index >= 15 is 28.8 Å². The predicted octanol–water partition coefficient (Wildman–Crippen LogP) is 17.3. The lowest BCUT2D eigenvalue weighted by molar-refractivity contribution is -0.120. The fraction of sp³-hybridized carbons (Fsp3) is 0.382. The van der Waals surface area contributed by atoms with Crippen LogP contribution >= 0.6 is 22.7 Å². The van der Waals surface area contributed by atoms with Crippen LogP contribution in [0.25, 0.3) is 43.1 Å². The highest BCUT2D eigenvalue weighted by atomic mass is 32.1. The van der Waals surface area contributed by atoms with Gasteiger partial charge < -0.3 is 67.5 Å². The average Bonchev–Trinajstić information content (AvgIpc) is 0.766. The molecule has 8 fully saturated rings. The second-order valence-electron chi connectivity index (χ2n) is 41.4. The van der Waals surface area contributed by atoms with Gasteiger partial charge in [0.1, 0.15) is 46.0 Å². The molecule has 0 spiro atoms. The van der Waals surface area contributed by atoms with E-state index < -0.39 is 69.2 Å². The van der Waals surface area contributed by atoms with Crippen LogP contribution in [0.5, 0.6) is 46.0 Å². The largest absolute Gasteiger partial charge is 0.457 e. The van der Waals surface area contributed by atoms with Crippen LogP contribution in [0.4, 0.5) is 11.4 Å². The molecule has 23 rings (SSSR count). The lowest BCUT2D eigenvalue weighted by atomic mass is 9.80. The summed E-state index contributed by atoms with van der Waals surface area (Å²) in [6.45, 7) is 32.0. The van der Waals surface area contributed by atoms with Gasteiger partial charge in [-0.05, 0) is 142 Å². The van der Waals surface area contributed by atoms with Gasteiger partial charge in [0, 0.05) is 189 Å². The molecule has 9 aromatic carbocycles. The van der Waals surface area contributed by atoms with Crippen LogP contribution in [0.15, 0.2) is 205 Å². The smallest absolute Gasteiger partial charge is 0.262 e. The van der Waals surface area contributed by atoms with Crippen LogP contribution in [-0.4, -0.2) is 255 Å². The van der Waals surface area contributed by atoms with Crippen LogP contribution in [0, 0.1) is 0 Å². The Labute approximate surface area is 818 Å². The van der Waals surface area contributed by atoms with E-state index in [-0.39, 0.29) is 137 Å². The van der Waals surface area contributed by atoms with Gasteiger partial charge in [-0.2, -0.15) is 0 Å². The van der Waals surface area contributed by atoms with Crippen molar-refractivity contribution >= 4 is 113 Å². The third-order valence-corrected chi connectivity index (χ3v) is 30.2. The Balaban J connectivity index is 0.780. The van der Waals surface area contributed by atoms with Crippen molar-refractivity contribution in [3.05, 3.63) is 260 Å². The number of fused-ring (bicyclic) bond motifs is 2. The van der Waals surface area contributed by atoms with Gasteiger partial charge in [-0.1, -0.05) is 116 Å². The first-order chi connectivity index (χ1) is 67.7. The highest BCUT2D eigenvalue weighted by molar-refractivity contribution is 7.10. The van der Waals surface area contributed by atoms with E-state index in [1.807, 2.05) is 97.1 Å². The summed E-state index contributed by atoms with van der Waals surface area (Å²) >= 11 is 2.43. The third-order valence-electron chi connectivity index (χ3n) is 28.3. The highest BCUT2D eigenvalue weighted by Crippen LogP contribution is 2.60. The Morgan fingerprint density at radius 2 is 0.557 bits per heavy atom. The molecule has 4 aromatic heterocycles. The Hall–Kier alpha value is -12.1. The second-order valence-corrected chi connectivity index (χ2v) is 43.4. The lowest BCUT2D eigenvalue weighted by Gasteiger charge is -2.35. The molecule has 10 unspecified atom stereocenters. The number of amides is 6. The fourth-order valence-electron chi connectivity index (χ4n) is 20.8. The minimum Gasteiger partial charge on any atom is -0.457 e. The standard InChI is InChI=1S/C110H110N10O18S2/c1-107(2,59-115(43-73-51-127-73)44-74-52-128-74)63-13-21-69(22-14-63)135-85-39-81-91-82(104(124)119(103(81)123)99(89-11-9-37-139-89)101(121)113-67-29-33-111-34-30-67)41-87(137-71-25-17-65(18-26-71)109(5,6)61-117(47-77-55-131-77)48-78-56-132-78)95-96-88(138-72-27-19-66(20-28-72)110(7,8)62-118(49-79-57-133-79)50-80-58-134-80)42-84-92-83(105(125)120(106(84)126)100(90-12-10-38-140-90)102(122)114-68-31-35-112-36-32-68)40-86(94(98(92)96)93(85)97(91)95)136-70-23-15-64(16-24-70)108(3,4)60-116(45-75-53-129-75)46-76-54-130-76/h9-42,73-80,99-100H,43-62H2,1-8H3,(H,111,113,121)(H,112,114,122). The Morgan fingerprint density at radius 3 is 0.757 bits per heavy atom. The zero-order valence-corrected chi connectivity index (χ0v) is 80.9. The van der Waals surface area contributed by atoms with Crippen LogP contribution in [0.2, 0.25) is 0 Å². The van der Waals surface area contributed by atoms with E-state index in [4.69, 9.17) is 56.8 Å². The van der Waals surface area contributed by atoms with Crippen LogP contribution in [0.3, 0.4) is 0 Å². The summed E-state index contributed by atoms with van der Waals surface area (Å²) in [6.07, 6.45) is 7.28. The maximum atomic E-state index is 17.2. The SMILES string of the molecule is CC(C)(CN(CC1CO1)CC1CO1)c1ccc(Oc2cc3c4c(cc(Oc5ccc(C(C)(C)CN(CC6CO6)CC6CO6)cc5)c5c6c(Oc7ccc(C(C)(C)CN(CC8CO8)CC8CO8)cc7)cc7c8c(cc(Oc9ccc(C(C)(C)CN(CC%10CO%10)CC%10CO%10)cc9)c(c2c45)c86)C(=O)N(C(C(=O)Nc2ccncc2)c2cccs2)C7=O)C(=O)N(C(C(=O)Nc2ccncc2)c2cccs2)C3=O)cc1. The predicted molar refractivity (Wildman–Crippen MR) is 530 cm³/mol. The topological polar surface area (TPSA) is 309 Å². The number of ether oxygens (including phenoxy) is 12. The molecule has 0 radical (unpaired) electrons. The van der Waals surface area contributed by atoms with Gasteiger partial charge in [0.25, 0.3) is 35.4 Å². The Kier molecular flexibility index (Phi) is 24.1. The van der Waals surface area contributed by atoms with E-state index in [1.165, 1.54) is 22.7 Å². The van der Waals surface area contributed by atoms with Gasteiger partial charge in [-0.3, -0.25) is 68.1 Å². The first-order valence-electron chi connectivity index (χ1n) is 48.3. The molecule has 13 aromatic rings. The summed E-state index contributed by atoms with van der Waals surface area (Å²) in [5.41, 5.74) is 2.89. The monoisotopic (exact) mass is 1920 g/mol. The maximum absolute atomic E-state index is 17.2. The molecule has 0 aliphatic carbocycles. The van der Waals surface area contributed by atoms with Crippen molar-refractivity contribution in [2.75, 3.05) is 142 Å². The molecule has 30 heteroatoms. The molecule has 28 nitrogen and oxygen atoms in total. The fourth-order valence-corrected chi connectivity index (χ4v) is 22.4. The van der Waals surface area contributed by atoms with Crippen molar-refractivity contribution < 1.29 is 85.6 Å². The van der Waals surface area contributed by atoms with Crippen molar-refractivity contribution in [2.24, 2.45) is 0 Å². The number of pyridine rings is 2. The van der Waals surface area contributed by atoms with Crippen molar-refractivity contribution in [1.29, 1.82) is 0 Å². The minimum absolute atomic E-state index is 0.0273. The minimum atomic E-state index is -1.57. The number of carbonyl (C=O) groups is 6. The molecule has 10 aliphatic heterocycles. The number of thiophene rings is 2. The summed E-state index contributed by atoms with van der Waals surface area (Å²) in [4.78, 5) is 121. The van der Waals surface area contributed by atoms with Gasteiger partial charge in [0.15, 0.2) is 12.1 Å². The lowest BCUT2D eigenvalue weighted by Crippen LogP contribution is -2.47. The highest BCUT2D eigenvalue weighted by Gasteiger charge is 2.50. The van der Waals surface area contributed by atoms with Crippen molar-refractivity contribution in [1.82, 2.24) is 39.4 Å². The molecule has 720 valence electrons. The molecular weight excluding hydrogens is 1810 g/mol. The molecule has 140 heavy (non-hydrogen) atoms. The molecule has 2 N–H and O–H groups in total. The van der Waals surface area contributed by atoms with E-state index in [2.05, 4.69) is 95.6 Å². The molecule has 8 saturated heterocycles. The number of nitrogens with one attached hydrogen (secondary N) is 2. The third kappa shape index (κ3) is 19.4. The van der Waals surface area contributed by atoms with E-state index in [9.17, 15) is 0 Å². The number of hydrogen-bond donors (Lipinski definition) is 2. The molecular formula is C110H110N10O18S2. The second kappa shape index (κ2) is 36.8. The zero-order valence-electron chi connectivity index (χ0n) is 79.3. The van der Waals surface area contributed by atoms with E-state index in [0.29, 0.717) is 123 Å². The average molecular weight is 1920 g/mol. The number of epoxide rings is 8. The summed E-state index contributed by atoms with van der Waals surface area (Å²) in [7, 11) is 0. The van der Waals surface area contributed by atoms with Crippen molar-refractivity contribution in [2.45, 2.75) is 138 Å². The zero-order chi connectivity index (χ0) is 95.8. The van der Waals surface area contributed by atoms with Crippen LogP contribution < -0.4 is 29.6 Å². The van der Waals surface area contributed by atoms with Crippen molar-refractivity contribution in [3.63, 3.8) is 0 Å². The molecule has 0 saturated carbocycles. The van der Waals surface area contributed by atoms with Crippen LogP contribution in [0.1, 0.15) is 141 Å². The quantitative estimate of drug-likeness (QED) is 0.0155. The van der Waals surface area contributed by atoms with Gasteiger partial charge in [0.05, 0.1) is 124 Å². The van der Waals surface area contributed by atoms with E-state index in [0.717, 1.165) is 84.4 Å². The number of carbonyl (C=O) groups excluding carboxylic acids is 6. The van der Waals surface area contributed by atoms with Crippen molar-refractivity contribution in [3.8, 4) is 46.0 Å². The van der Waals surface area contributed by atoms with Gasteiger partial charge in [-0.25, -0.2) is 0 Å². The van der Waals surface area contributed by atoms with Gasteiger partial charge in [0.2, 0.25) is 0 Å². The number of benzene rings is 9. The van der Waals surface area contributed by atoms with Gasteiger partial charge >= 0.3 is 0 Å². The number of rotatable bonds is 44. The number of hydrogen-bond acceptors (Lipinski definition) is 26. The summed E-state index contributed by atoms with van der Waals surface area (Å²) < 4.78 is 77.2. The Morgan fingerprint density at radius 1 is 0.336 bits per heavy atom. The molecule has 0 bridgehead atoms. The normalized spacial score (nSPS) is 21.0. The Bertz CT molecular complexity index is 6130. The van der Waals surface area contributed by atoms with E-state index in [1.54, 1.807) is 108 Å². The number of imide groups is 2. The van der Waals surface area contributed by atoms with Gasteiger partial charge in [-0.15, -0.1) is 22.7 Å². The number of aromatic nitrogens is 2.